The zero-order chi connectivity index (χ0) is 29.0. The van der Waals surface area contributed by atoms with Crippen LogP contribution >= 0.6 is 15.9 Å². The molecule has 0 radical (unpaired) electrons. The van der Waals surface area contributed by atoms with Gasteiger partial charge in [-0.2, -0.15) is 0 Å². The van der Waals surface area contributed by atoms with Crippen LogP contribution in [0.25, 0.3) is 11.1 Å². The second-order valence-corrected chi connectivity index (χ2v) is 17.7. The summed E-state index contributed by atoms with van der Waals surface area (Å²) in [7, 11) is -0.0717. The molecule has 0 spiro atoms. The summed E-state index contributed by atoms with van der Waals surface area (Å²) in [6, 6.07) is 6.56. The molecule has 13 heteroatoms. The molecule has 4 heterocycles. The number of carbonyl (C=O) groups is 3. The molecule has 1 saturated heterocycles. The SMILES string of the molecule is COc1ccc2c(c1F)C(=O)N(C[C@@]1(c3cc4nc(C)c(Br)cc4o3)NC(=O)N(COCC[Si](C)(C)C)C1=O)C2. The number of hydrogen-bond acceptors (Lipinski definition) is 7. The van der Waals surface area contributed by atoms with Crippen molar-refractivity contribution in [2.75, 3.05) is 27.0 Å². The van der Waals surface area contributed by atoms with Gasteiger partial charge in [-0.3, -0.25) is 9.59 Å². The fourth-order valence-electron chi connectivity index (χ4n) is 4.85. The third kappa shape index (κ3) is 4.90. The highest BCUT2D eigenvalue weighted by atomic mass is 79.9. The summed E-state index contributed by atoms with van der Waals surface area (Å²) >= 11 is 3.44. The van der Waals surface area contributed by atoms with E-state index in [0.29, 0.717) is 33.4 Å². The van der Waals surface area contributed by atoms with E-state index in [4.69, 9.17) is 13.9 Å². The predicted molar refractivity (Wildman–Crippen MR) is 150 cm³/mol. The molecular weight excluding hydrogens is 603 g/mol. The lowest BCUT2D eigenvalue weighted by atomic mass is 9.95. The number of furan rings is 1. The number of carbonyl (C=O) groups excluding carboxylic acids is 3. The van der Waals surface area contributed by atoms with Crippen molar-refractivity contribution in [2.24, 2.45) is 0 Å². The lowest BCUT2D eigenvalue weighted by Crippen LogP contribution is -2.52. The van der Waals surface area contributed by atoms with Crippen molar-refractivity contribution in [3.8, 4) is 5.75 Å². The number of hydrogen-bond donors (Lipinski definition) is 1. The van der Waals surface area contributed by atoms with Gasteiger partial charge in [0.2, 0.25) is 0 Å². The van der Waals surface area contributed by atoms with Crippen LogP contribution in [0.3, 0.4) is 0 Å². The van der Waals surface area contributed by atoms with Gasteiger partial charge in [-0.05, 0) is 46.6 Å². The number of fused-ring (bicyclic) bond motifs is 2. The largest absolute Gasteiger partial charge is 0.494 e. The lowest BCUT2D eigenvalue weighted by molar-refractivity contribution is -0.136. The first-order chi connectivity index (χ1) is 18.8. The fraction of sp³-hybridized carbons (Fsp3) is 0.407. The number of amides is 4. The number of nitrogens with zero attached hydrogens (tertiary/aromatic N) is 3. The zero-order valence-corrected chi connectivity index (χ0v) is 25.5. The normalized spacial score (nSPS) is 19.1. The van der Waals surface area contributed by atoms with Gasteiger partial charge in [0.05, 0.1) is 24.9 Å². The Hall–Kier alpha value is -3.29. The summed E-state index contributed by atoms with van der Waals surface area (Å²) in [6.45, 7) is 8.32. The average Bonchev–Trinajstić information content (AvgIpc) is 3.50. The molecule has 1 fully saturated rings. The van der Waals surface area contributed by atoms with Crippen molar-refractivity contribution in [3.05, 3.63) is 57.1 Å². The number of rotatable bonds is 9. The molecule has 2 aliphatic heterocycles. The highest BCUT2D eigenvalue weighted by Gasteiger charge is 2.57. The van der Waals surface area contributed by atoms with E-state index in [9.17, 15) is 14.4 Å². The summed E-state index contributed by atoms with van der Waals surface area (Å²) in [5, 5.41) is 2.76. The van der Waals surface area contributed by atoms with Crippen LogP contribution in [0, 0.1) is 12.7 Å². The van der Waals surface area contributed by atoms with Gasteiger partial charge >= 0.3 is 6.03 Å². The minimum atomic E-state index is -1.78. The van der Waals surface area contributed by atoms with Crippen LogP contribution in [-0.2, 0) is 21.6 Å². The van der Waals surface area contributed by atoms with E-state index in [2.05, 4.69) is 45.9 Å². The van der Waals surface area contributed by atoms with Crippen molar-refractivity contribution in [3.63, 3.8) is 0 Å². The van der Waals surface area contributed by atoms with Gasteiger partial charge in [0.15, 0.2) is 22.7 Å². The smallest absolute Gasteiger partial charge is 0.327 e. The number of benzene rings is 1. The monoisotopic (exact) mass is 632 g/mol. The van der Waals surface area contributed by atoms with Crippen LogP contribution in [0.15, 0.2) is 33.2 Å². The molecule has 1 N–H and O–H groups in total. The molecule has 0 unspecified atom stereocenters. The third-order valence-electron chi connectivity index (χ3n) is 7.15. The number of urea groups is 1. The number of aromatic nitrogens is 1. The average molecular weight is 634 g/mol. The molecule has 0 aliphatic carbocycles. The van der Waals surface area contributed by atoms with Crippen LogP contribution in [0.2, 0.25) is 25.7 Å². The summed E-state index contributed by atoms with van der Waals surface area (Å²) in [6.07, 6.45) is 0. The lowest BCUT2D eigenvalue weighted by Gasteiger charge is -2.29. The fourth-order valence-corrected chi connectivity index (χ4v) is 5.90. The molecule has 1 atom stereocenters. The van der Waals surface area contributed by atoms with Gasteiger partial charge in [0.1, 0.15) is 18.0 Å². The predicted octanol–water partition coefficient (Wildman–Crippen LogP) is 4.76. The molecule has 1 aromatic carbocycles. The number of nitrogens with one attached hydrogen (secondary N) is 1. The van der Waals surface area contributed by atoms with Gasteiger partial charge in [0, 0.05) is 31.8 Å². The Balaban J connectivity index is 1.51. The molecule has 10 nitrogen and oxygen atoms in total. The van der Waals surface area contributed by atoms with E-state index in [1.807, 2.05) is 6.92 Å². The molecule has 0 saturated carbocycles. The highest BCUT2D eigenvalue weighted by Crippen LogP contribution is 2.38. The van der Waals surface area contributed by atoms with Crippen molar-refractivity contribution >= 4 is 52.9 Å². The Labute approximate surface area is 239 Å². The van der Waals surface area contributed by atoms with Gasteiger partial charge in [-0.15, -0.1) is 0 Å². The molecule has 5 rings (SSSR count). The summed E-state index contributed by atoms with van der Waals surface area (Å²) < 4.78 is 32.6. The van der Waals surface area contributed by atoms with Crippen molar-refractivity contribution in [2.45, 2.75) is 44.7 Å². The van der Waals surface area contributed by atoms with Crippen molar-refractivity contribution in [1.29, 1.82) is 0 Å². The van der Waals surface area contributed by atoms with Crippen LogP contribution in [-0.4, -0.2) is 67.7 Å². The van der Waals surface area contributed by atoms with Crippen LogP contribution in [0.5, 0.6) is 5.75 Å². The van der Waals surface area contributed by atoms with E-state index in [1.54, 1.807) is 18.2 Å². The van der Waals surface area contributed by atoms with Crippen LogP contribution in [0.4, 0.5) is 9.18 Å². The first kappa shape index (κ1) is 28.2. The summed E-state index contributed by atoms with van der Waals surface area (Å²) in [5.74, 6) is -1.97. The standard InChI is InChI=1S/C27H30BrFN4O6Si/c1-15-17(28)10-20-18(30-15)11-21(39-20)27(25(35)33(26(36)31-27)14-38-8-9-40(3,4)5)13-32-12-16-6-7-19(37-2)23(29)22(16)24(32)34/h6-7,10-11H,8-9,12-14H2,1-5H3,(H,31,36)/t27-/m0/s1. The first-order valence-corrected chi connectivity index (χ1v) is 17.3. The Morgan fingerprint density at radius 2 is 1.98 bits per heavy atom. The van der Waals surface area contributed by atoms with Crippen LogP contribution in [0.1, 0.15) is 27.4 Å². The zero-order valence-electron chi connectivity index (χ0n) is 22.9. The molecule has 0 bridgehead atoms. The maximum Gasteiger partial charge on any atom is 0.327 e. The Kier molecular flexibility index (Phi) is 7.25. The van der Waals surface area contributed by atoms with Crippen LogP contribution < -0.4 is 10.1 Å². The maximum atomic E-state index is 15.0. The second-order valence-electron chi connectivity index (χ2n) is 11.2. The van der Waals surface area contributed by atoms with E-state index < -0.39 is 37.3 Å². The topological polar surface area (TPSA) is 114 Å². The number of imide groups is 1. The number of methoxy groups -OCH3 is 1. The highest BCUT2D eigenvalue weighted by molar-refractivity contribution is 9.10. The Bertz CT molecular complexity index is 1500. The van der Waals surface area contributed by atoms with Crippen molar-refractivity contribution < 1.29 is 32.7 Å². The van der Waals surface area contributed by atoms with E-state index in [1.165, 1.54) is 18.1 Å². The number of pyridine rings is 1. The Morgan fingerprint density at radius 3 is 2.67 bits per heavy atom. The van der Waals surface area contributed by atoms with E-state index >= 15 is 4.39 Å². The molecule has 3 aromatic rings. The number of ether oxygens (including phenoxy) is 2. The minimum absolute atomic E-state index is 0.0375. The molecule has 2 aliphatic rings. The second kappa shape index (κ2) is 10.3. The summed E-state index contributed by atoms with van der Waals surface area (Å²) in [4.78, 5) is 47.4. The van der Waals surface area contributed by atoms with Gasteiger partial charge < -0.3 is 24.1 Å². The molecule has 4 amide bonds. The van der Waals surface area contributed by atoms with Gasteiger partial charge in [-0.1, -0.05) is 25.7 Å². The molecule has 40 heavy (non-hydrogen) atoms. The molecular formula is C27H30BrFN4O6Si. The summed E-state index contributed by atoms with van der Waals surface area (Å²) in [5.41, 5.74) is 0.136. The van der Waals surface area contributed by atoms with Crippen molar-refractivity contribution in [1.82, 2.24) is 20.1 Å². The van der Waals surface area contributed by atoms with E-state index in [0.717, 1.165) is 10.9 Å². The van der Waals surface area contributed by atoms with E-state index in [-0.39, 0.29) is 36.9 Å². The minimum Gasteiger partial charge on any atom is -0.494 e. The Morgan fingerprint density at radius 1 is 1.23 bits per heavy atom. The number of aryl methyl sites for hydroxylation is 1. The third-order valence-corrected chi connectivity index (χ3v) is 9.65. The molecule has 212 valence electrons. The quantitative estimate of drug-likeness (QED) is 0.205. The first-order valence-electron chi connectivity index (χ1n) is 12.8. The molecule has 2 aromatic heterocycles. The van der Waals surface area contributed by atoms with Gasteiger partial charge in [0.25, 0.3) is 11.8 Å². The van der Waals surface area contributed by atoms with Gasteiger partial charge in [-0.25, -0.2) is 19.1 Å². The number of halogens is 2. The maximum absolute atomic E-state index is 15.0.